The Morgan fingerprint density at radius 1 is 1.10 bits per heavy atom. The van der Waals surface area contributed by atoms with Crippen molar-refractivity contribution in [1.82, 2.24) is 0 Å². The van der Waals surface area contributed by atoms with E-state index in [4.69, 9.17) is 9.29 Å². The number of phenolic OH excluding ortho intramolecular Hbond substituents is 1. The zero-order valence-corrected chi connectivity index (χ0v) is 11.3. The molecule has 8 heteroatoms. The SMILES string of the molecule is O=Cc1cc(OCCCCS(=O)(=O)O)c(C=O)cc1O. The minimum atomic E-state index is -3.99. The van der Waals surface area contributed by atoms with Crippen LogP contribution in [0.4, 0.5) is 0 Å². The molecule has 0 unspecified atom stereocenters. The topological polar surface area (TPSA) is 118 Å². The maximum absolute atomic E-state index is 10.8. The van der Waals surface area contributed by atoms with Crippen LogP contribution >= 0.6 is 0 Å². The van der Waals surface area contributed by atoms with E-state index < -0.39 is 10.1 Å². The van der Waals surface area contributed by atoms with Crippen molar-refractivity contribution in [3.63, 3.8) is 0 Å². The minimum Gasteiger partial charge on any atom is -0.507 e. The van der Waals surface area contributed by atoms with E-state index >= 15 is 0 Å². The summed E-state index contributed by atoms with van der Waals surface area (Å²) in [7, 11) is -3.99. The highest BCUT2D eigenvalue weighted by Crippen LogP contribution is 2.26. The van der Waals surface area contributed by atoms with E-state index in [1.807, 2.05) is 0 Å². The predicted octanol–water partition coefficient (Wildman–Crippen LogP) is 1.06. The smallest absolute Gasteiger partial charge is 0.264 e. The van der Waals surface area contributed by atoms with E-state index in [2.05, 4.69) is 0 Å². The summed E-state index contributed by atoms with van der Waals surface area (Å²) in [4.78, 5) is 21.5. The number of ether oxygens (including phenoxy) is 1. The number of hydrogen-bond donors (Lipinski definition) is 2. The lowest BCUT2D eigenvalue weighted by Crippen LogP contribution is -2.07. The van der Waals surface area contributed by atoms with E-state index in [9.17, 15) is 23.1 Å². The summed E-state index contributed by atoms with van der Waals surface area (Å²) in [6.45, 7) is 0.111. The van der Waals surface area contributed by atoms with Gasteiger partial charge in [0.25, 0.3) is 10.1 Å². The molecule has 0 aromatic heterocycles. The number of aldehydes is 2. The summed E-state index contributed by atoms with van der Waals surface area (Å²) in [6, 6.07) is 2.35. The number of phenols is 1. The molecule has 0 heterocycles. The zero-order valence-electron chi connectivity index (χ0n) is 10.5. The van der Waals surface area contributed by atoms with Gasteiger partial charge < -0.3 is 9.84 Å². The first-order valence-electron chi connectivity index (χ1n) is 5.72. The van der Waals surface area contributed by atoms with Crippen LogP contribution in [-0.4, -0.2) is 43.0 Å². The van der Waals surface area contributed by atoms with Gasteiger partial charge in [-0.05, 0) is 25.0 Å². The molecule has 0 aliphatic heterocycles. The molecular formula is C12H14O7S. The summed E-state index contributed by atoms with van der Waals surface area (Å²) < 4.78 is 34.8. The molecule has 0 spiro atoms. The number of carbonyl (C=O) groups is 2. The fraction of sp³-hybridized carbons (Fsp3) is 0.333. The van der Waals surface area contributed by atoms with Gasteiger partial charge in [-0.3, -0.25) is 14.1 Å². The molecule has 0 aliphatic carbocycles. The Kier molecular flexibility index (Phi) is 5.66. The van der Waals surface area contributed by atoms with Crippen molar-refractivity contribution in [2.45, 2.75) is 12.8 Å². The van der Waals surface area contributed by atoms with Crippen molar-refractivity contribution >= 4 is 22.7 Å². The molecule has 1 rings (SSSR count). The average molecular weight is 302 g/mol. The highest BCUT2D eigenvalue weighted by molar-refractivity contribution is 7.85. The third kappa shape index (κ3) is 4.98. The molecule has 0 atom stereocenters. The number of hydrogen-bond acceptors (Lipinski definition) is 6. The zero-order chi connectivity index (χ0) is 15.2. The first kappa shape index (κ1) is 16.1. The van der Waals surface area contributed by atoms with Crippen LogP contribution in [0.5, 0.6) is 11.5 Å². The third-order valence-electron chi connectivity index (χ3n) is 2.47. The van der Waals surface area contributed by atoms with Gasteiger partial charge in [-0.25, -0.2) is 0 Å². The summed E-state index contributed by atoms with van der Waals surface area (Å²) in [5, 5.41) is 9.41. The van der Waals surface area contributed by atoms with Crippen LogP contribution in [0.1, 0.15) is 33.6 Å². The number of carbonyl (C=O) groups excluding carboxylic acids is 2. The van der Waals surface area contributed by atoms with Crippen molar-refractivity contribution in [1.29, 1.82) is 0 Å². The van der Waals surface area contributed by atoms with Crippen LogP contribution in [0.3, 0.4) is 0 Å². The number of rotatable bonds is 8. The fourth-order valence-electron chi connectivity index (χ4n) is 1.48. The molecule has 1 aromatic carbocycles. The monoisotopic (exact) mass is 302 g/mol. The van der Waals surface area contributed by atoms with Crippen LogP contribution in [0.2, 0.25) is 0 Å². The first-order chi connectivity index (χ1) is 9.37. The van der Waals surface area contributed by atoms with Crippen molar-refractivity contribution in [3.05, 3.63) is 23.3 Å². The predicted molar refractivity (Wildman–Crippen MR) is 70.0 cm³/mol. The highest BCUT2D eigenvalue weighted by atomic mass is 32.2. The second-order valence-corrected chi connectivity index (χ2v) is 5.60. The highest BCUT2D eigenvalue weighted by Gasteiger charge is 2.10. The van der Waals surface area contributed by atoms with E-state index in [-0.39, 0.29) is 41.4 Å². The molecule has 0 fully saturated rings. The van der Waals surface area contributed by atoms with Gasteiger partial charge >= 0.3 is 0 Å². The van der Waals surface area contributed by atoms with Crippen LogP contribution in [0.25, 0.3) is 0 Å². The van der Waals surface area contributed by atoms with Crippen LogP contribution in [0, 0.1) is 0 Å². The molecule has 7 nitrogen and oxygen atoms in total. The van der Waals surface area contributed by atoms with E-state index in [1.165, 1.54) is 6.07 Å². The van der Waals surface area contributed by atoms with Gasteiger partial charge in [-0.2, -0.15) is 8.42 Å². The van der Waals surface area contributed by atoms with Crippen LogP contribution in [0.15, 0.2) is 12.1 Å². The van der Waals surface area contributed by atoms with Gasteiger partial charge in [0.1, 0.15) is 11.5 Å². The summed E-state index contributed by atoms with van der Waals surface area (Å²) in [5.41, 5.74) is 0.0754. The lowest BCUT2D eigenvalue weighted by molar-refractivity contribution is 0.110. The van der Waals surface area contributed by atoms with Gasteiger partial charge in [0.05, 0.1) is 23.5 Å². The molecule has 1 aromatic rings. The Labute approximate surface area is 115 Å². The molecular weight excluding hydrogens is 288 g/mol. The lowest BCUT2D eigenvalue weighted by Gasteiger charge is -2.09. The Hall–Kier alpha value is -1.93. The second-order valence-electron chi connectivity index (χ2n) is 4.03. The molecule has 20 heavy (non-hydrogen) atoms. The molecule has 0 radical (unpaired) electrons. The molecule has 0 amide bonds. The molecule has 2 N–H and O–H groups in total. The van der Waals surface area contributed by atoms with Crippen molar-refractivity contribution in [3.8, 4) is 11.5 Å². The van der Waals surface area contributed by atoms with Gasteiger partial charge in [0.2, 0.25) is 0 Å². The first-order valence-corrected chi connectivity index (χ1v) is 7.33. The van der Waals surface area contributed by atoms with E-state index in [0.29, 0.717) is 19.0 Å². The second kappa shape index (κ2) is 7.01. The minimum absolute atomic E-state index is 0.0106. The van der Waals surface area contributed by atoms with Gasteiger partial charge in [0.15, 0.2) is 12.6 Å². The number of benzene rings is 1. The average Bonchev–Trinajstić information content (AvgIpc) is 2.38. The summed E-state index contributed by atoms with van der Waals surface area (Å²) in [5.74, 6) is -0.556. The van der Waals surface area contributed by atoms with Gasteiger partial charge in [-0.15, -0.1) is 0 Å². The summed E-state index contributed by atoms with van der Waals surface area (Å²) in [6.07, 6.45) is 1.44. The molecule has 0 aliphatic rings. The Morgan fingerprint density at radius 3 is 2.30 bits per heavy atom. The van der Waals surface area contributed by atoms with Crippen molar-refractivity contribution < 1.29 is 32.4 Å². The third-order valence-corrected chi connectivity index (χ3v) is 3.27. The quantitative estimate of drug-likeness (QED) is 0.419. The van der Waals surface area contributed by atoms with Crippen molar-refractivity contribution in [2.24, 2.45) is 0 Å². The normalized spacial score (nSPS) is 11.1. The molecule has 0 bridgehead atoms. The Morgan fingerprint density at radius 2 is 1.75 bits per heavy atom. The van der Waals surface area contributed by atoms with Gasteiger partial charge in [0, 0.05) is 0 Å². The summed E-state index contributed by atoms with van der Waals surface area (Å²) >= 11 is 0. The largest absolute Gasteiger partial charge is 0.507 e. The molecule has 0 saturated heterocycles. The molecule has 110 valence electrons. The van der Waals surface area contributed by atoms with Crippen LogP contribution < -0.4 is 4.74 Å². The lowest BCUT2D eigenvalue weighted by atomic mass is 10.1. The number of unbranched alkanes of at least 4 members (excludes halogenated alkanes) is 1. The fourth-order valence-corrected chi connectivity index (χ4v) is 2.05. The van der Waals surface area contributed by atoms with E-state index in [1.54, 1.807) is 0 Å². The van der Waals surface area contributed by atoms with Crippen molar-refractivity contribution in [2.75, 3.05) is 12.4 Å². The molecule has 0 saturated carbocycles. The van der Waals surface area contributed by atoms with Gasteiger partial charge in [-0.1, -0.05) is 0 Å². The van der Waals surface area contributed by atoms with E-state index in [0.717, 1.165) is 6.07 Å². The Balaban J connectivity index is 2.63. The number of aromatic hydroxyl groups is 1. The standard InChI is InChI=1S/C12H14O7S/c13-7-9-6-12(10(8-14)5-11(9)15)19-3-1-2-4-20(16,17)18/h5-8,15H,1-4H2,(H,16,17,18). The van der Waals surface area contributed by atoms with Crippen LogP contribution in [-0.2, 0) is 10.1 Å². The maximum atomic E-state index is 10.8. The maximum Gasteiger partial charge on any atom is 0.264 e. The Bertz CT molecular complexity index is 592.